The van der Waals surface area contributed by atoms with E-state index in [9.17, 15) is 4.79 Å². The number of amides is 1. The van der Waals surface area contributed by atoms with Crippen molar-refractivity contribution in [3.8, 4) is 11.3 Å². The Morgan fingerprint density at radius 3 is 2.35 bits per heavy atom. The van der Waals surface area contributed by atoms with Crippen LogP contribution in [-0.4, -0.2) is 28.9 Å². The number of pyridine rings is 1. The van der Waals surface area contributed by atoms with Crippen molar-refractivity contribution in [3.05, 3.63) is 66.2 Å². The van der Waals surface area contributed by atoms with Gasteiger partial charge < -0.3 is 4.90 Å². The molecule has 2 aromatic carbocycles. The van der Waals surface area contributed by atoms with E-state index in [0.29, 0.717) is 11.8 Å². The maximum atomic E-state index is 13.4. The predicted octanol–water partition coefficient (Wildman–Crippen LogP) is 5.02. The molecule has 1 amide bonds. The summed E-state index contributed by atoms with van der Waals surface area (Å²) in [4.78, 5) is 20.2. The minimum atomic E-state index is 0.124. The zero-order valence-corrected chi connectivity index (χ0v) is 15.4. The minimum absolute atomic E-state index is 0.124. The molecule has 1 fully saturated rings. The number of piperidine rings is 1. The first-order chi connectivity index (χ1) is 12.6. The Bertz CT molecular complexity index is 925. The Morgan fingerprint density at radius 1 is 0.962 bits per heavy atom. The van der Waals surface area contributed by atoms with Crippen LogP contribution in [0, 0.1) is 11.8 Å². The molecule has 0 N–H and O–H groups in total. The third-order valence-electron chi connectivity index (χ3n) is 5.17. The van der Waals surface area contributed by atoms with Crippen LogP contribution < -0.4 is 0 Å². The SMILES string of the molecule is C[C@@H]1C[C@H](C)CN(C(=O)c2cc(-c3ccccc3)nc3ccccc23)C1. The zero-order valence-electron chi connectivity index (χ0n) is 15.4. The summed E-state index contributed by atoms with van der Waals surface area (Å²) in [5.41, 5.74) is 3.52. The van der Waals surface area contributed by atoms with E-state index < -0.39 is 0 Å². The van der Waals surface area contributed by atoms with Crippen LogP contribution in [0.1, 0.15) is 30.6 Å². The second kappa shape index (κ2) is 6.91. The molecule has 2 heterocycles. The topological polar surface area (TPSA) is 33.2 Å². The summed E-state index contributed by atoms with van der Waals surface area (Å²) < 4.78 is 0. The molecule has 3 aromatic rings. The number of likely N-dealkylation sites (tertiary alicyclic amines) is 1. The molecule has 1 aliphatic rings. The molecule has 1 aliphatic heterocycles. The van der Waals surface area contributed by atoms with Crippen molar-refractivity contribution < 1.29 is 4.79 Å². The van der Waals surface area contributed by atoms with Crippen LogP contribution in [0.15, 0.2) is 60.7 Å². The van der Waals surface area contributed by atoms with Gasteiger partial charge in [0.25, 0.3) is 5.91 Å². The van der Waals surface area contributed by atoms with Crippen LogP contribution in [0.2, 0.25) is 0 Å². The molecule has 0 aliphatic carbocycles. The largest absolute Gasteiger partial charge is 0.338 e. The van der Waals surface area contributed by atoms with Gasteiger partial charge in [-0.15, -0.1) is 0 Å². The van der Waals surface area contributed by atoms with E-state index >= 15 is 0 Å². The molecule has 0 saturated carbocycles. The van der Waals surface area contributed by atoms with Gasteiger partial charge in [0, 0.05) is 24.0 Å². The molecule has 3 nitrogen and oxygen atoms in total. The Hall–Kier alpha value is -2.68. The van der Waals surface area contributed by atoms with Gasteiger partial charge in [-0.25, -0.2) is 4.98 Å². The van der Waals surface area contributed by atoms with Gasteiger partial charge in [-0.2, -0.15) is 0 Å². The Morgan fingerprint density at radius 2 is 1.62 bits per heavy atom. The van der Waals surface area contributed by atoms with Gasteiger partial charge in [0.15, 0.2) is 0 Å². The average Bonchev–Trinajstić information content (AvgIpc) is 2.66. The minimum Gasteiger partial charge on any atom is -0.338 e. The zero-order chi connectivity index (χ0) is 18.1. The summed E-state index contributed by atoms with van der Waals surface area (Å²) in [5.74, 6) is 1.22. The monoisotopic (exact) mass is 344 g/mol. The van der Waals surface area contributed by atoms with Crippen LogP contribution >= 0.6 is 0 Å². The first kappa shape index (κ1) is 16.8. The van der Waals surface area contributed by atoms with Gasteiger partial charge in [0.1, 0.15) is 0 Å². The summed E-state index contributed by atoms with van der Waals surface area (Å²) >= 11 is 0. The van der Waals surface area contributed by atoms with Crippen molar-refractivity contribution in [2.24, 2.45) is 11.8 Å². The number of nitrogens with zero attached hydrogens (tertiary/aromatic N) is 2. The van der Waals surface area contributed by atoms with Crippen molar-refractivity contribution in [1.29, 1.82) is 0 Å². The van der Waals surface area contributed by atoms with Gasteiger partial charge >= 0.3 is 0 Å². The summed E-state index contributed by atoms with van der Waals surface area (Å²) in [5, 5.41) is 0.933. The number of aromatic nitrogens is 1. The third-order valence-corrected chi connectivity index (χ3v) is 5.17. The van der Waals surface area contributed by atoms with Crippen molar-refractivity contribution >= 4 is 16.8 Å². The van der Waals surface area contributed by atoms with E-state index in [4.69, 9.17) is 4.98 Å². The quantitative estimate of drug-likeness (QED) is 0.654. The molecular weight excluding hydrogens is 320 g/mol. The smallest absolute Gasteiger partial charge is 0.254 e. The molecule has 1 saturated heterocycles. The van der Waals surface area contributed by atoms with Gasteiger partial charge in [0.05, 0.1) is 16.8 Å². The Kier molecular flexibility index (Phi) is 4.46. The van der Waals surface area contributed by atoms with E-state index in [2.05, 4.69) is 13.8 Å². The van der Waals surface area contributed by atoms with Crippen LogP contribution in [-0.2, 0) is 0 Å². The van der Waals surface area contributed by atoms with Gasteiger partial charge in [-0.1, -0.05) is 62.4 Å². The predicted molar refractivity (Wildman–Crippen MR) is 106 cm³/mol. The molecule has 1 aromatic heterocycles. The highest BCUT2D eigenvalue weighted by atomic mass is 16.2. The lowest BCUT2D eigenvalue weighted by molar-refractivity contribution is 0.0625. The maximum Gasteiger partial charge on any atom is 0.254 e. The van der Waals surface area contributed by atoms with E-state index in [1.165, 1.54) is 6.42 Å². The number of carbonyl (C=O) groups is 1. The highest BCUT2D eigenvalue weighted by Crippen LogP contribution is 2.28. The number of rotatable bonds is 2. The fraction of sp³-hybridized carbons (Fsp3) is 0.304. The second-order valence-electron chi connectivity index (χ2n) is 7.59. The summed E-state index contributed by atoms with van der Waals surface area (Å²) in [7, 11) is 0. The molecule has 2 atom stereocenters. The van der Waals surface area contributed by atoms with Crippen molar-refractivity contribution in [2.45, 2.75) is 20.3 Å². The molecule has 26 heavy (non-hydrogen) atoms. The molecular formula is C23H24N2O. The molecule has 0 radical (unpaired) electrons. The Balaban J connectivity index is 1.81. The average molecular weight is 344 g/mol. The lowest BCUT2D eigenvalue weighted by Gasteiger charge is -2.35. The fourth-order valence-corrected chi connectivity index (χ4v) is 4.11. The molecule has 0 unspecified atom stereocenters. The summed E-state index contributed by atoms with van der Waals surface area (Å²) in [6, 6.07) is 20.0. The summed E-state index contributed by atoms with van der Waals surface area (Å²) in [6.45, 7) is 6.13. The molecule has 132 valence electrons. The number of fused-ring (bicyclic) bond motifs is 1. The van der Waals surface area contributed by atoms with Gasteiger partial charge in [-0.3, -0.25) is 4.79 Å². The van der Waals surface area contributed by atoms with Crippen molar-refractivity contribution in [1.82, 2.24) is 9.88 Å². The van der Waals surface area contributed by atoms with Crippen LogP contribution in [0.4, 0.5) is 0 Å². The van der Waals surface area contributed by atoms with Crippen LogP contribution in [0.5, 0.6) is 0 Å². The number of carbonyl (C=O) groups excluding carboxylic acids is 1. The second-order valence-corrected chi connectivity index (χ2v) is 7.59. The molecule has 3 heteroatoms. The first-order valence-corrected chi connectivity index (χ1v) is 9.36. The van der Waals surface area contributed by atoms with E-state index in [1.807, 2.05) is 65.6 Å². The van der Waals surface area contributed by atoms with Crippen LogP contribution in [0.25, 0.3) is 22.2 Å². The number of para-hydroxylation sites is 1. The Labute approximate surface area is 154 Å². The molecule has 0 bridgehead atoms. The first-order valence-electron chi connectivity index (χ1n) is 9.36. The fourth-order valence-electron chi connectivity index (χ4n) is 4.11. The molecule has 0 spiro atoms. The standard InChI is InChI=1S/C23H24N2O/c1-16-12-17(2)15-25(14-16)23(26)20-13-22(18-8-4-3-5-9-18)24-21-11-7-6-10-19(20)21/h3-11,13,16-17H,12,14-15H2,1-2H3/t16-,17+. The van der Waals surface area contributed by atoms with E-state index in [1.54, 1.807) is 0 Å². The highest BCUT2D eigenvalue weighted by Gasteiger charge is 2.27. The van der Waals surface area contributed by atoms with Gasteiger partial charge in [-0.05, 0) is 30.4 Å². The normalized spacial score (nSPS) is 20.3. The van der Waals surface area contributed by atoms with Crippen molar-refractivity contribution in [2.75, 3.05) is 13.1 Å². The third kappa shape index (κ3) is 3.22. The maximum absolute atomic E-state index is 13.4. The lowest BCUT2D eigenvalue weighted by atomic mass is 9.91. The highest BCUT2D eigenvalue weighted by molar-refractivity contribution is 6.07. The number of hydrogen-bond donors (Lipinski definition) is 0. The van der Waals surface area contributed by atoms with Gasteiger partial charge in [0.2, 0.25) is 0 Å². The summed E-state index contributed by atoms with van der Waals surface area (Å²) in [6.07, 6.45) is 1.19. The number of hydrogen-bond acceptors (Lipinski definition) is 2. The lowest BCUT2D eigenvalue weighted by Crippen LogP contribution is -2.42. The van der Waals surface area contributed by atoms with E-state index in [-0.39, 0.29) is 5.91 Å². The molecule has 4 rings (SSSR count). The van der Waals surface area contributed by atoms with E-state index in [0.717, 1.165) is 40.8 Å². The number of benzene rings is 2. The van der Waals surface area contributed by atoms with Crippen molar-refractivity contribution in [3.63, 3.8) is 0 Å². The van der Waals surface area contributed by atoms with Crippen LogP contribution in [0.3, 0.4) is 0 Å².